The minimum Gasteiger partial charge on any atom is -0.314 e. The van der Waals surface area contributed by atoms with Gasteiger partial charge < -0.3 is 10.2 Å². The maximum absolute atomic E-state index is 3.57. The first kappa shape index (κ1) is 13.1. The lowest BCUT2D eigenvalue weighted by Crippen LogP contribution is -2.44. The largest absolute Gasteiger partial charge is 0.314 e. The van der Waals surface area contributed by atoms with Gasteiger partial charge in [-0.2, -0.15) is 0 Å². The molecule has 1 aliphatic rings. The third-order valence-electron chi connectivity index (χ3n) is 3.46. The van der Waals surface area contributed by atoms with Crippen molar-refractivity contribution in [1.82, 2.24) is 10.2 Å². The summed E-state index contributed by atoms with van der Waals surface area (Å²) in [6.07, 6.45) is 2.30. The van der Waals surface area contributed by atoms with Crippen LogP contribution in [0.25, 0.3) is 0 Å². The third kappa shape index (κ3) is 3.80. The smallest absolute Gasteiger partial charge is 0.0178 e. The first-order valence-corrected chi connectivity index (χ1v) is 7.29. The van der Waals surface area contributed by atoms with Crippen LogP contribution >= 0.6 is 15.9 Å². The van der Waals surface area contributed by atoms with Gasteiger partial charge in [0.15, 0.2) is 0 Å². The van der Waals surface area contributed by atoms with Gasteiger partial charge in [0.2, 0.25) is 0 Å². The zero-order valence-electron chi connectivity index (χ0n) is 10.5. The number of benzene rings is 1. The number of hydrogen-bond acceptors (Lipinski definition) is 2. The monoisotopic (exact) mass is 296 g/mol. The van der Waals surface area contributed by atoms with E-state index in [4.69, 9.17) is 0 Å². The molecule has 3 heteroatoms. The zero-order valence-corrected chi connectivity index (χ0v) is 12.1. The number of hydrogen-bond donors (Lipinski definition) is 1. The Kier molecular flexibility index (Phi) is 5.01. The molecule has 0 radical (unpaired) electrons. The molecule has 1 heterocycles. The van der Waals surface area contributed by atoms with Crippen molar-refractivity contribution >= 4 is 15.9 Å². The highest BCUT2D eigenvalue weighted by molar-refractivity contribution is 9.10. The predicted octanol–water partition coefficient (Wildman–Crippen LogP) is 2.46. The average Bonchev–Trinajstić information content (AvgIpc) is 2.38. The molecule has 1 saturated heterocycles. The Hall–Kier alpha value is -0.380. The number of aryl methyl sites for hydroxylation is 1. The molecule has 0 spiro atoms. The topological polar surface area (TPSA) is 15.3 Å². The van der Waals surface area contributed by atoms with Crippen LogP contribution in [-0.2, 0) is 12.8 Å². The first-order chi connectivity index (χ1) is 8.29. The number of nitrogens with zero attached hydrogens (tertiary/aromatic N) is 1. The lowest BCUT2D eigenvalue weighted by molar-refractivity contribution is 0.243. The van der Waals surface area contributed by atoms with E-state index in [0.717, 1.165) is 19.5 Å². The van der Waals surface area contributed by atoms with E-state index in [1.54, 1.807) is 0 Å². The van der Waals surface area contributed by atoms with Crippen molar-refractivity contribution in [2.24, 2.45) is 0 Å². The molecule has 1 N–H and O–H groups in total. The third-order valence-corrected chi connectivity index (χ3v) is 3.95. The molecule has 1 aliphatic heterocycles. The van der Waals surface area contributed by atoms with Crippen molar-refractivity contribution < 1.29 is 0 Å². The summed E-state index contributed by atoms with van der Waals surface area (Å²) in [5, 5.41) is 3.40. The molecule has 2 nitrogen and oxygen atoms in total. The van der Waals surface area contributed by atoms with E-state index in [2.05, 4.69) is 51.3 Å². The standard InChI is InChI=1S/C14H21BrN2/c1-2-12-3-4-14(15)11-13(12)5-8-17-9-6-16-7-10-17/h3-4,11,16H,2,5-10H2,1H3. The highest BCUT2D eigenvalue weighted by atomic mass is 79.9. The zero-order chi connectivity index (χ0) is 12.1. The van der Waals surface area contributed by atoms with E-state index in [-0.39, 0.29) is 0 Å². The molecule has 0 aliphatic carbocycles. The molecule has 0 saturated carbocycles. The van der Waals surface area contributed by atoms with Gasteiger partial charge >= 0.3 is 0 Å². The van der Waals surface area contributed by atoms with E-state index in [0.29, 0.717) is 0 Å². The maximum Gasteiger partial charge on any atom is 0.0178 e. The van der Waals surface area contributed by atoms with Crippen LogP contribution in [0.2, 0.25) is 0 Å². The number of nitrogens with one attached hydrogen (secondary N) is 1. The molecule has 0 bridgehead atoms. The van der Waals surface area contributed by atoms with Gasteiger partial charge in [0.05, 0.1) is 0 Å². The summed E-state index contributed by atoms with van der Waals surface area (Å²) in [6.45, 7) is 8.08. The van der Waals surface area contributed by atoms with Crippen LogP contribution in [0.15, 0.2) is 22.7 Å². The van der Waals surface area contributed by atoms with Crippen LogP contribution in [-0.4, -0.2) is 37.6 Å². The highest BCUT2D eigenvalue weighted by Crippen LogP contribution is 2.18. The lowest BCUT2D eigenvalue weighted by atomic mass is 10.0. The molecule has 1 aromatic rings. The van der Waals surface area contributed by atoms with Crippen LogP contribution in [0.4, 0.5) is 0 Å². The summed E-state index contributed by atoms with van der Waals surface area (Å²) < 4.78 is 1.20. The summed E-state index contributed by atoms with van der Waals surface area (Å²) >= 11 is 3.57. The number of rotatable bonds is 4. The molecule has 94 valence electrons. The van der Waals surface area contributed by atoms with Gasteiger partial charge in [-0.3, -0.25) is 0 Å². The molecular formula is C14H21BrN2. The van der Waals surface area contributed by atoms with Crippen LogP contribution in [0, 0.1) is 0 Å². The van der Waals surface area contributed by atoms with E-state index < -0.39 is 0 Å². The fraction of sp³-hybridized carbons (Fsp3) is 0.571. The minimum atomic E-state index is 1.13. The fourth-order valence-electron chi connectivity index (χ4n) is 2.39. The van der Waals surface area contributed by atoms with E-state index >= 15 is 0 Å². The highest BCUT2D eigenvalue weighted by Gasteiger charge is 2.10. The Balaban J connectivity index is 1.95. The second-order valence-corrected chi connectivity index (χ2v) is 5.52. The Morgan fingerprint density at radius 1 is 1.24 bits per heavy atom. The molecule has 17 heavy (non-hydrogen) atoms. The molecule has 1 aromatic carbocycles. The Labute approximate surface area is 113 Å². The van der Waals surface area contributed by atoms with Crippen molar-refractivity contribution in [2.45, 2.75) is 19.8 Å². The van der Waals surface area contributed by atoms with Crippen molar-refractivity contribution in [3.8, 4) is 0 Å². The van der Waals surface area contributed by atoms with Crippen LogP contribution in [0.1, 0.15) is 18.1 Å². The summed E-state index contributed by atoms with van der Waals surface area (Å²) in [5.41, 5.74) is 2.99. The molecular weight excluding hydrogens is 276 g/mol. The van der Waals surface area contributed by atoms with Gasteiger partial charge in [0, 0.05) is 37.2 Å². The quantitative estimate of drug-likeness (QED) is 0.918. The Bertz CT molecular complexity index is 359. The van der Waals surface area contributed by atoms with Crippen LogP contribution < -0.4 is 5.32 Å². The van der Waals surface area contributed by atoms with Gasteiger partial charge in [-0.25, -0.2) is 0 Å². The summed E-state index contributed by atoms with van der Waals surface area (Å²) in [6, 6.07) is 6.67. The SMILES string of the molecule is CCc1ccc(Br)cc1CCN1CCNCC1. The fourth-order valence-corrected chi connectivity index (χ4v) is 2.79. The molecule has 0 aromatic heterocycles. The van der Waals surface area contributed by atoms with E-state index in [9.17, 15) is 0 Å². The number of piperazine rings is 1. The van der Waals surface area contributed by atoms with E-state index in [1.165, 1.54) is 41.7 Å². The lowest BCUT2D eigenvalue weighted by Gasteiger charge is -2.27. The predicted molar refractivity (Wildman–Crippen MR) is 76.5 cm³/mol. The van der Waals surface area contributed by atoms with Gasteiger partial charge in [-0.05, 0) is 36.1 Å². The second-order valence-electron chi connectivity index (χ2n) is 4.61. The summed E-state index contributed by atoms with van der Waals surface area (Å²) in [4.78, 5) is 2.55. The van der Waals surface area contributed by atoms with Gasteiger partial charge in [-0.1, -0.05) is 28.9 Å². The van der Waals surface area contributed by atoms with Gasteiger partial charge in [-0.15, -0.1) is 0 Å². The number of halogens is 1. The van der Waals surface area contributed by atoms with Crippen molar-refractivity contribution in [1.29, 1.82) is 0 Å². The maximum atomic E-state index is 3.57. The molecule has 0 amide bonds. The minimum absolute atomic E-state index is 1.13. The molecule has 0 atom stereocenters. The first-order valence-electron chi connectivity index (χ1n) is 6.50. The van der Waals surface area contributed by atoms with Gasteiger partial charge in [0.1, 0.15) is 0 Å². The summed E-state index contributed by atoms with van der Waals surface area (Å²) in [7, 11) is 0. The van der Waals surface area contributed by atoms with Crippen molar-refractivity contribution in [2.75, 3.05) is 32.7 Å². The molecule has 1 fully saturated rings. The van der Waals surface area contributed by atoms with Crippen LogP contribution in [0.5, 0.6) is 0 Å². The van der Waals surface area contributed by atoms with Crippen molar-refractivity contribution in [3.05, 3.63) is 33.8 Å². The van der Waals surface area contributed by atoms with Crippen molar-refractivity contribution in [3.63, 3.8) is 0 Å². The van der Waals surface area contributed by atoms with E-state index in [1.807, 2.05) is 0 Å². The summed E-state index contributed by atoms with van der Waals surface area (Å²) in [5.74, 6) is 0. The van der Waals surface area contributed by atoms with Crippen LogP contribution in [0.3, 0.4) is 0 Å². The average molecular weight is 297 g/mol. The second kappa shape index (κ2) is 6.53. The molecule has 2 rings (SSSR count). The Morgan fingerprint density at radius 2 is 2.00 bits per heavy atom. The molecule has 0 unspecified atom stereocenters. The normalized spacial score (nSPS) is 17.3. The van der Waals surface area contributed by atoms with Gasteiger partial charge in [0.25, 0.3) is 0 Å². The Morgan fingerprint density at radius 3 is 2.71 bits per heavy atom.